The molecule has 1 rings (SSSR count). The zero-order valence-electron chi connectivity index (χ0n) is 9.43. The molecule has 0 amide bonds. The number of carbonyl (C=O) groups is 1. The van der Waals surface area contributed by atoms with Gasteiger partial charge in [0.05, 0.1) is 0 Å². The van der Waals surface area contributed by atoms with Gasteiger partial charge in [-0.2, -0.15) is 0 Å². The minimum atomic E-state index is -0.342. The zero-order valence-corrected chi connectivity index (χ0v) is 9.43. The van der Waals surface area contributed by atoms with Crippen LogP contribution >= 0.6 is 0 Å². The van der Waals surface area contributed by atoms with Gasteiger partial charge in [-0.15, -0.1) is 0 Å². The van der Waals surface area contributed by atoms with Crippen LogP contribution in [-0.4, -0.2) is 24.7 Å². The van der Waals surface area contributed by atoms with Crippen LogP contribution in [0.1, 0.15) is 40.0 Å². The highest BCUT2D eigenvalue weighted by molar-refractivity contribution is 5.69. The van der Waals surface area contributed by atoms with Gasteiger partial charge in [-0.1, -0.05) is 0 Å². The van der Waals surface area contributed by atoms with Crippen LogP contribution in [0, 0.1) is 5.92 Å². The van der Waals surface area contributed by atoms with E-state index in [0.29, 0.717) is 12.3 Å². The third kappa shape index (κ3) is 4.61. The first-order chi connectivity index (χ1) is 6.47. The summed E-state index contributed by atoms with van der Waals surface area (Å²) >= 11 is 0. The quantitative estimate of drug-likeness (QED) is 0.703. The molecular formula is C11H21NO2. The maximum absolute atomic E-state index is 11.4. The minimum absolute atomic E-state index is 0.0654. The zero-order chi connectivity index (χ0) is 10.6. The molecular weight excluding hydrogens is 178 g/mol. The molecule has 0 spiro atoms. The Morgan fingerprint density at radius 3 is 2.71 bits per heavy atom. The summed E-state index contributed by atoms with van der Waals surface area (Å²) < 4.78 is 5.24. The van der Waals surface area contributed by atoms with Crippen LogP contribution in [0.15, 0.2) is 0 Å². The number of hydrogen-bond acceptors (Lipinski definition) is 3. The maximum Gasteiger partial charge on any atom is 0.306 e. The van der Waals surface area contributed by atoms with Gasteiger partial charge in [0.15, 0.2) is 0 Å². The van der Waals surface area contributed by atoms with Crippen LogP contribution in [0.4, 0.5) is 0 Å². The van der Waals surface area contributed by atoms with E-state index >= 15 is 0 Å². The Kier molecular flexibility index (Phi) is 3.93. The van der Waals surface area contributed by atoms with Crippen molar-refractivity contribution in [1.82, 2.24) is 5.32 Å². The molecule has 1 atom stereocenters. The normalized spacial score (nSPS) is 22.4. The van der Waals surface area contributed by atoms with E-state index in [1.54, 1.807) is 0 Å². The summed E-state index contributed by atoms with van der Waals surface area (Å²) in [6.45, 7) is 7.87. The van der Waals surface area contributed by atoms with E-state index in [0.717, 1.165) is 19.5 Å². The summed E-state index contributed by atoms with van der Waals surface area (Å²) in [4.78, 5) is 11.4. The fourth-order valence-corrected chi connectivity index (χ4v) is 1.68. The van der Waals surface area contributed by atoms with Gasteiger partial charge < -0.3 is 10.1 Å². The fraction of sp³-hybridized carbons (Fsp3) is 0.909. The molecule has 1 saturated heterocycles. The second-order valence-corrected chi connectivity index (χ2v) is 4.98. The molecule has 1 aliphatic heterocycles. The second-order valence-electron chi connectivity index (χ2n) is 4.98. The molecule has 0 aromatic rings. The third-order valence-corrected chi connectivity index (χ3v) is 2.34. The van der Waals surface area contributed by atoms with Crippen LogP contribution < -0.4 is 5.32 Å². The number of carbonyl (C=O) groups excluding carboxylic acids is 1. The van der Waals surface area contributed by atoms with Crippen molar-refractivity contribution in [3.63, 3.8) is 0 Å². The Morgan fingerprint density at radius 1 is 1.50 bits per heavy atom. The fourth-order valence-electron chi connectivity index (χ4n) is 1.68. The van der Waals surface area contributed by atoms with E-state index in [1.807, 2.05) is 20.8 Å². The Labute approximate surface area is 86.2 Å². The molecule has 3 nitrogen and oxygen atoms in total. The summed E-state index contributed by atoms with van der Waals surface area (Å²) in [6, 6.07) is 0. The Bertz CT molecular complexity index is 190. The van der Waals surface area contributed by atoms with Gasteiger partial charge in [0.2, 0.25) is 0 Å². The molecule has 1 aliphatic rings. The van der Waals surface area contributed by atoms with Crippen molar-refractivity contribution in [2.45, 2.75) is 45.6 Å². The average molecular weight is 199 g/mol. The lowest BCUT2D eigenvalue weighted by Gasteiger charge is -2.19. The standard InChI is InChI=1S/C11H21NO2/c1-11(2,3)14-10(13)5-4-9-6-7-12-8-9/h9,12H,4-8H2,1-3H3/t9-/m0/s1. The largest absolute Gasteiger partial charge is 0.460 e. The molecule has 1 N–H and O–H groups in total. The van der Waals surface area contributed by atoms with Crippen LogP contribution in [0.2, 0.25) is 0 Å². The lowest BCUT2D eigenvalue weighted by Crippen LogP contribution is -2.24. The first kappa shape index (κ1) is 11.5. The van der Waals surface area contributed by atoms with E-state index < -0.39 is 0 Å². The second kappa shape index (κ2) is 4.78. The summed E-state index contributed by atoms with van der Waals surface area (Å²) in [5.74, 6) is 0.604. The third-order valence-electron chi connectivity index (χ3n) is 2.34. The van der Waals surface area contributed by atoms with Gasteiger partial charge in [0, 0.05) is 6.42 Å². The molecule has 0 aromatic heterocycles. The lowest BCUT2D eigenvalue weighted by molar-refractivity contribution is -0.155. The van der Waals surface area contributed by atoms with Crippen molar-refractivity contribution in [2.24, 2.45) is 5.92 Å². The van der Waals surface area contributed by atoms with Crippen molar-refractivity contribution in [2.75, 3.05) is 13.1 Å². The van der Waals surface area contributed by atoms with Crippen molar-refractivity contribution >= 4 is 5.97 Å². The van der Waals surface area contributed by atoms with Gasteiger partial charge in [0.1, 0.15) is 5.60 Å². The summed E-state index contributed by atoms with van der Waals surface area (Å²) in [5, 5.41) is 3.29. The van der Waals surface area contributed by atoms with E-state index in [-0.39, 0.29) is 11.6 Å². The summed E-state index contributed by atoms with van der Waals surface area (Å²) in [6.07, 6.45) is 2.72. The molecule has 0 bridgehead atoms. The number of nitrogens with one attached hydrogen (secondary N) is 1. The van der Waals surface area contributed by atoms with E-state index in [4.69, 9.17) is 4.74 Å². The SMILES string of the molecule is CC(C)(C)OC(=O)CC[C@H]1CCNC1. The number of rotatable bonds is 3. The summed E-state index contributed by atoms with van der Waals surface area (Å²) in [7, 11) is 0. The number of ether oxygens (including phenoxy) is 1. The molecule has 1 fully saturated rings. The molecule has 0 unspecified atom stereocenters. The predicted octanol–water partition coefficient (Wildman–Crippen LogP) is 1.72. The average Bonchev–Trinajstić information content (AvgIpc) is 2.49. The van der Waals surface area contributed by atoms with E-state index in [2.05, 4.69) is 5.32 Å². The van der Waals surface area contributed by atoms with E-state index in [9.17, 15) is 4.79 Å². The Hall–Kier alpha value is -0.570. The molecule has 0 aliphatic carbocycles. The van der Waals surface area contributed by atoms with Crippen molar-refractivity contribution < 1.29 is 9.53 Å². The highest BCUT2D eigenvalue weighted by Gasteiger charge is 2.19. The Balaban J connectivity index is 2.14. The number of esters is 1. The first-order valence-electron chi connectivity index (χ1n) is 5.40. The minimum Gasteiger partial charge on any atom is -0.460 e. The Morgan fingerprint density at radius 2 is 2.21 bits per heavy atom. The maximum atomic E-state index is 11.4. The molecule has 14 heavy (non-hydrogen) atoms. The van der Waals surface area contributed by atoms with E-state index in [1.165, 1.54) is 6.42 Å². The topological polar surface area (TPSA) is 38.3 Å². The number of hydrogen-bond donors (Lipinski definition) is 1. The molecule has 1 heterocycles. The molecule has 3 heteroatoms. The highest BCUT2D eigenvalue weighted by Crippen LogP contribution is 2.16. The van der Waals surface area contributed by atoms with Gasteiger partial charge in [0.25, 0.3) is 0 Å². The van der Waals surface area contributed by atoms with Gasteiger partial charge in [-0.05, 0) is 52.6 Å². The monoisotopic (exact) mass is 199 g/mol. The van der Waals surface area contributed by atoms with Gasteiger partial charge in [-0.3, -0.25) is 4.79 Å². The molecule has 0 saturated carbocycles. The molecule has 0 aromatic carbocycles. The smallest absolute Gasteiger partial charge is 0.306 e. The van der Waals surface area contributed by atoms with Gasteiger partial charge >= 0.3 is 5.97 Å². The summed E-state index contributed by atoms with van der Waals surface area (Å²) in [5.41, 5.74) is -0.342. The van der Waals surface area contributed by atoms with Crippen LogP contribution in [0.5, 0.6) is 0 Å². The predicted molar refractivity (Wildman–Crippen MR) is 56.1 cm³/mol. The molecule has 0 radical (unpaired) electrons. The lowest BCUT2D eigenvalue weighted by atomic mass is 10.0. The first-order valence-corrected chi connectivity index (χ1v) is 5.40. The van der Waals surface area contributed by atoms with Crippen molar-refractivity contribution in [1.29, 1.82) is 0 Å². The molecule has 82 valence electrons. The van der Waals surface area contributed by atoms with Crippen molar-refractivity contribution in [3.05, 3.63) is 0 Å². The highest BCUT2D eigenvalue weighted by atomic mass is 16.6. The van der Waals surface area contributed by atoms with Gasteiger partial charge in [-0.25, -0.2) is 0 Å². The van der Waals surface area contributed by atoms with Crippen LogP contribution in [0.3, 0.4) is 0 Å². The van der Waals surface area contributed by atoms with Crippen LogP contribution in [0.25, 0.3) is 0 Å². The van der Waals surface area contributed by atoms with Crippen LogP contribution in [-0.2, 0) is 9.53 Å². The van der Waals surface area contributed by atoms with Crippen molar-refractivity contribution in [3.8, 4) is 0 Å².